The number of nitrogens with zero attached hydrogens (tertiary/aromatic N) is 3. The van der Waals surface area contributed by atoms with Crippen LogP contribution in [0.2, 0.25) is 0 Å². The van der Waals surface area contributed by atoms with E-state index >= 15 is 0 Å². The predicted octanol–water partition coefficient (Wildman–Crippen LogP) is 2.20. The molecule has 0 unspecified atom stereocenters. The van der Waals surface area contributed by atoms with E-state index in [9.17, 15) is 4.39 Å². The molecule has 0 radical (unpaired) electrons. The lowest BCUT2D eigenvalue weighted by Crippen LogP contribution is -2.50. The summed E-state index contributed by atoms with van der Waals surface area (Å²) in [6.07, 6.45) is 0. The molecule has 4 nitrogen and oxygen atoms in total. The lowest BCUT2D eigenvalue weighted by atomic mass is 10.2. The van der Waals surface area contributed by atoms with Gasteiger partial charge in [-0.25, -0.2) is 19.8 Å². The maximum atomic E-state index is 12.9. The summed E-state index contributed by atoms with van der Waals surface area (Å²) in [5.41, 5.74) is 5.41. The molecule has 1 aliphatic rings. The maximum absolute atomic E-state index is 12.9. The largest absolute Gasteiger partial charge is 0.304 e. The maximum Gasteiger partial charge on any atom is 0.123 e. The van der Waals surface area contributed by atoms with Gasteiger partial charge in [-0.3, -0.25) is 0 Å². The Morgan fingerprint density at radius 3 is 2.62 bits per heavy atom. The molecule has 0 amide bonds. The minimum atomic E-state index is -0.215. The van der Waals surface area contributed by atoms with Crippen molar-refractivity contribution in [2.24, 2.45) is 0 Å². The second-order valence-electron chi connectivity index (χ2n) is 5.28. The zero-order chi connectivity index (χ0) is 14.7. The lowest BCUT2D eigenvalue weighted by molar-refractivity contribution is 0.102. The van der Waals surface area contributed by atoms with Crippen molar-refractivity contribution in [1.29, 1.82) is 0 Å². The number of rotatable bonds is 4. The standard InChI is InChI=1S/C15H19FN4S/c1-19-6-8-20(9-7-19)17-10-14-11-21-15(18-14)12-2-4-13(16)5-3-12/h2-5,11,17H,6-10H2,1H3. The molecular formula is C15H19FN4S. The van der Waals surface area contributed by atoms with Gasteiger partial charge in [0.25, 0.3) is 0 Å². The van der Waals surface area contributed by atoms with Gasteiger partial charge in [0.2, 0.25) is 0 Å². The Labute approximate surface area is 128 Å². The van der Waals surface area contributed by atoms with Gasteiger partial charge in [0.15, 0.2) is 0 Å². The Hall–Kier alpha value is -1.34. The minimum absolute atomic E-state index is 0.215. The summed E-state index contributed by atoms with van der Waals surface area (Å²) in [6, 6.07) is 6.48. The minimum Gasteiger partial charge on any atom is -0.304 e. The van der Waals surface area contributed by atoms with E-state index in [4.69, 9.17) is 0 Å². The van der Waals surface area contributed by atoms with E-state index in [1.54, 1.807) is 23.5 Å². The summed E-state index contributed by atoms with van der Waals surface area (Å²) < 4.78 is 12.9. The van der Waals surface area contributed by atoms with Gasteiger partial charge in [-0.1, -0.05) is 0 Å². The molecule has 1 aromatic carbocycles. The van der Waals surface area contributed by atoms with Crippen LogP contribution in [-0.2, 0) is 6.54 Å². The van der Waals surface area contributed by atoms with Gasteiger partial charge in [0.05, 0.1) is 12.2 Å². The summed E-state index contributed by atoms with van der Waals surface area (Å²) in [5.74, 6) is -0.215. The molecule has 1 aromatic heterocycles. The van der Waals surface area contributed by atoms with E-state index < -0.39 is 0 Å². The molecule has 21 heavy (non-hydrogen) atoms. The van der Waals surface area contributed by atoms with Crippen LogP contribution in [0.5, 0.6) is 0 Å². The van der Waals surface area contributed by atoms with Crippen molar-refractivity contribution in [3.05, 3.63) is 41.2 Å². The molecule has 1 aliphatic heterocycles. The number of piperazine rings is 1. The number of hydrogen-bond acceptors (Lipinski definition) is 5. The third-order valence-corrected chi connectivity index (χ3v) is 4.57. The van der Waals surface area contributed by atoms with E-state index in [1.165, 1.54) is 12.1 Å². The van der Waals surface area contributed by atoms with Crippen LogP contribution in [0.15, 0.2) is 29.6 Å². The Bertz CT molecular complexity index is 576. The van der Waals surface area contributed by atoms with Gasteiger partial charge in [0.1, 0.15) is 10.8 Å². The van der Waals surface area contributed by atoms with Gasteiger partial charge in [-0.2, -0.15) is 0 Å². The molecule has 1 N–H and O–H groups in total. The van der Waals surface area contributed by atoms with Crippen LogP contribution in [0.3, 0.4) is 0 Å². The Morgan fingerprint density at radius 1 is 1.19 bits per heavy atom. The van der Waals surface area contributed by atoms with Crippen LogP contribution < -0.4 is 5.43 Å². The van der Waals surface area contributed by atoms with Gasteiger partial charge in [0, 0.05) is 37.1 Å². The Kier molecular flexibility index (Phi) is 4.60. The first-order valence-corrected chi connectivity index (χ1v) is 7.96. The highest BCUT2D eigenvalue weighted by atomic mass is 32.1. The lowest BCUT2D eigenvalue weighted by Gasteiger charge is -2.32. The molecule has 0 saturated carbocycles. The molecule has 1 saturated heterocycles. The summed E-state index contributed by atoms with van der Waals surface area (Å²) in [4.78, 5) is 6.93. The van der Waals surface area contributed by atoms with Crippen LogP contribution in [0.4, 0.5) is 4.39 Å². The van der Waals surface area contributed by atoms with Crippen molar-refractivity contribution < 1.29 is 4.39 Å². The Balaban J connectivity index is 1.56. The molecule has 3 rings (SSSR count). The molecule has 1 fully saturated rings. The van der Waals surface area contributed by atoms with Crippen molar-refractivity contribution in [3.63, 3.8) is 0 Å². The summed E-state index contributed by atoms with van der Waals surface area (Å²) in [5, 5.41) is 5.24. The molecule has 2 aromatic rings. The van der Waals surface area contributed by atoms with Gasteiger partial charge >= 0.3 is 0 Å². The average molecular weight is 306 g/mol. The summed E-state index contributed by atoms with van der Waals surface area (Å²) >= 11 is 1.60. The second kappa shape index (κ2) is 6.62. The van der Waals surface area contributed by atoms with E-state index in [0.29, 0.717) is 0 Å². The van der Waals surface area contributed by atoms with Gasteiger partial charge in [-0.05, 0) is 31.3 Å². The zero-order valence-electron chi connectivity index (χ0n) is 12.1. The van der Waals surface area contributed by atoms with Crippen LogP contribution in [0.1, 0.15) is 5.69 Å². The molecular weight excluding hydrogens is 287 g/mol. The highest BCUT2D eigenvalue weighted by molar-refractivity contribution is 7.13. The first-order chi connectivity index (χ1) is 10.2. The summed E-state index contributed by atoms with van der Waals surface area (Å²) in [6.45, 7) is 4.98. The van der Waals surface area contributed by atoms with Crippen molar-refractivity contribution in [3.8, 4) is 10.6 Å². The smallest absolute Gasteiger partial charge is 0.123 e. The average Bonchev–Trinajstić information content (AvgIpc) is 2.96. The van der Waals surface area contributed by atoms with Crippen LogP contribution >= 0.6 is 11.3 Å². The first kappa shape index (κ1) is 14.6. The number of nitrogens with one attached hydrogen (secondary N) is 1. The van der Waals surface area contributed by atoms with E-state index in [2.05, 4.69) is 32.7 Å². The number of thiazole rings is 1. The van der Waals surface area contributed by atoms with E-state index in [0.717, 1.165) is 49.0 Å². The van der Waals surface area contributed by atoms with Crippen molar-refractivity contribution in [2.45, 2.75) is 6.54 Å². The number of hydrogen-bond donors (Lipinski definition) is 1. The monoisotopic (exact) mass is 306 g/mol. The highest BCUT2D eigenvalue weighted by Crippen LogP contribution is 2.23. The SMILES string of the molecule is CN1CCN(NCc2csc(-c3ccc(F)cc3)n2)CC1. The van der Waals surface area contributed by atoms with Gasteiger partial charge in [-0.15, -0.1) is 11.3 Å². The molecule has 112 valence electrons. The van der Waals surface area contributed by atoms with Crippen LogP contribution in [0, 0.1) is 5.82 Å². The number of hydrazine groups is 1. The normalized spacial score (nSPS) is 17.2. The third kappa shape index (κ3) is 3.85. The predicted molar refractivity (Wildman–Crippen MR) is 83.4 cm³/mol. The second-order valence-corrected chi connectivity index (χ2v) is 6.13. The number of aromatic nitrogens is 1. The molecule has 6 heteroatoms. The topological polar surface area (TPSA) is 31.4 Å². The fraction of sp³-hybridized carbons (Fsp3) is 0.400. The summed E-state index contributed by atoms with van der Waals surface area (Å²) in [7, 11) is 2.15. The molecule has 0 bridgehead atoms. The fourth-order valence-electron chi connectivity index (χ4n) is 2.27. The van der Waals surface area contributed by atoms with Gasteiger partial charge < -0.3 is 4.90 Å². The van der Waals surface area contributed by atoms with Crippen molar-refractivity contribution in [1.82, 2.24) is 20.3 Å². The van der Waals surface area contributed by atoms with E-state index in [1.807, 2.05) is 0 Å². The first-order valence-electron chi connectivity index (χ1n) is 7.08. The molecule has 0 atom stereocenters. The zero-order valence-corrected chi connectivity index (χ0v) is 12.9. The molecule has 0 aliphatic carbocycles. The van der Waals surface area contributed by atoms with E-state index in [-0.39, 0.29) is 5.82 Å². The fourth-order valence-corrected chi connectivity index (χ4v) is 3.10. The number of likely N-dealkylation sites (N-methyl/N-ethyl adjacent to an activating group) is 1. The van der Waals surface area contributed by atoms with Crippen molar-refractivity contribution in [2.75, 3.05) is 33.2 Å². The van der Waals surface area contributed by atoms with Crippen molar-refractivity contribution >= 4 is 11.3 Å². The number of benzene rings is 1. The van der Waals surface area contributed by atoms with Crippen LogP contribution in [-0.4, -0.2) is 48.1 Å². The molecule has 2 heterocycles. The number of halogens is 1. The third-order valence-electron chi connectivity index (χ3n) is 3.63. The Morgan fingerprint density at radius 2 is 1.90 bits per heavy atom. The molecule has 0 spiro atoms. The quantitative estimate of drug-likeness (QED) is 0.938. The van der Waals surface area contributed by atoms with Crippen LogP contribution in [0.25, 0.3) is 10.6 Å². The highest BCUT2D eigenvalue weighted by Gasteiger charge is 2.13.